The largest absolute Gasteiger partial charge is 0.330 e. The maximum atomic E-state index is 5.93. The normalized spacial score (nSPS) is 11.9. The maximum Gasteiger partial charge on any atom is 0.0453 e. The molecule has 0 heterocycles. The first-order valence-electron chi connectivity index (χ1n) is 3.95. The molecular weight excluding hydrogens is 207 g/mol. The molecule has 1 aromatic rings. The Hall–Kier alpha value is -0.280. The molecule has 13 heavy (non-hydrogen) atoms. The predicted octanol–water partition coefficient (Wildman–Crippen LogP) is 2.11. The maximum absolute atomic E-state index is 5.93. The first-order chi connectivity index (χ1) is 5.75. The van der Waals surface area contributed by atoms with Crippen molar-refractivity contribution < 1.29 is 0 Å². The second-order valence-electron chi connectivity index (χ2n) is 2.71. The van der Waals surface area contributed by atoms with Gasteiger partial charge in [0.05, 0.1) is 0 Å². The van der Waals surface area contributed by atoms with Gasteiger partial charge in [0.1, 0.15) is 0 Å². The summed E-state index contributed by atoms with van der Waals surface area (Å²) in [5.41, 5.74) is 12.2. The minimum absolute atomic E-state index is 0. The summed E-state index contributed by atoms with van der Waals surface area (Å²) < 4.78 is 0. The minimum atomic E-state index is -0.0382. The van der Waals surface area contributed by atoms with Gasteiger partial charge in [0.15, 0.2) is 0 Å². The van der Waals surface area contributed by atoms with E-state index >= 15 is 0 Å². The van der Waals surface area contributed by atoms with Gasteiger partial charge in [-0.25, -0.2) is 0 Å². The Bertz CT molecular complexity index is 253. The van der Waals surface area contributed by atoms with Gasteiger partial charge in [0, 0.05) is 11.1 Å². The molecule has 0 saturated heterocycles. The van der Waals surface area contributed by atoms with Crippen molar-refractivity contribution >= 4 is 24.0 Å². The second kappa shape index (κ2) is 6.22. The summed E-state index contributed by atoms with van der Waals surface area (Å²) in [5, 5.41) is 0.721. The first-order valence-corrected chi connectivity index (χ1v) is 4.33. The van der Waals surface area contributed by atoms with Crippen LogP contribution in [0.4, 0.5) is 0 Å². The van der Waals surface area contributed by atoms with Crippen molar-refractivity contribution in [3.05, 3.63) is 34.9 Å². The monoisotopic (exact) mass is 220 g/mol. The van der Waals surface area contributed by atoms with Crippen molar-refractivity contribution in [2.45, 2.75) is 12.5 Å². The minimum Gasteiger partial charge on any atom is -0.330 e. The molecule has 2 nitrogen and oxygen atoms in total. The van der Waals surface area contributed by atoms with Crippen LogP contribution in [0.5, 0.6) is 0 Å². The van der Waals surface area contributed by atoms with Crippen LogP contribution >= 0.6 is 24.0 Å². The number of halogens is 2. The fourth-order valence-corrected chi connectivity index (χ4v) is 1.39. The second-order valence-corrected chi connectivity index (χ2v) is 3.11. The summed E-state index contributed by atoms with van der Waals surface area (Å²) in [4.78, 5) is 0. The average Bonchev–Trinajstić information content (AvgIpc) is 2.05. The molecule has 0 bridgehead atoms. The van der Waals surface area contributed by atoms with Crippen molar-refractivity contribution in [1.82, 2.24) is 0 Å². The molecule has 1 rings (SSSR count). The van der Waals surface area contributed by atoms with Gasteiger partial charge in [-0.3, -0.25) is 0 Å². The molecule has 74 valence electrons. The van der Waals surface area contributed by atoms with E-state index in [1.165, 1.54) is 0 Å². The van der Waals surface area contributed by atoms with E-state index in [1.807, 2.05) is 24.3 Å². The molecule has 0 aromatic heterocycles. The molecule has 0 spiro atoms. The quantitative estimate of drug-likeness (QED) is 0.821. The zero-order valence-electron chi connectivity index (χ0n) is 7.24. The van der Waals surface area contributed by atoms with Crippen LogP contribution in [0.15, 0.2) is 24.3 Å². The Balaban J connectivity index is 0.00000144. The Morgan fingerprint density at radius 2 is 1.92 bits per heavy atom. The highest BCUT2D eigenvalue weighted by molar-refractivity contribution is 6.31. The smallest absolute Gasteiger partial charge is 0.0453 e. The lowest BCUT2D eigenvalue weighted by Crippen LogP contribution is -2.15. The molecule has 0 amide bonds. The van der Waals surface area contributed by atoms with Crippen molar-refractivity contribution in [3.63, 3.8) is 0 Å². The van der Waals surface area contributed by atoms with Crippen LogP contribution in [-0.2, 0) is 0 Å². The SMILES string of the molecule is Cl.NCC[C@H](N)c1ccccc1Cl. The fraction of sp³-hybridized carbons (Fsp3) is 0.333. The summed E-state index contributed by atoms with van der Waals surface area (Å²) >= 11 is 5.93. The van der Waals surface area contributed by atoms with Crippen LogP contribution in [-0.4, -0.2) is 6.54 Å². The van der Waals surface area contributed by atoms with Gasteiger partial charge < -0.3 is 11.5 Å². The summed E-state index contributed by atoms with van der Waals surface area (Å²) in [6.45, 7) is 0.590. The third-order valence-corrected chi connectivity index (χ3v) is 2.13. The van der Waals surface area contributed by atoms with E-state index in [9.17, 15) is 0 Å². The lowest BCUT2D eigenvalue weighted by atomic mass is 10.1. The van der Waals surface area contributed by atoms with E-state index in [4.69, 9.17) is 23.1 Å². The van der Waals surface area contributed by atoms with Crippen LogP contribution in [0.2, 0.25) is 5.02 Å². The molecule has 0 fully saturated rings. The molecule has 0 aliphatic heterocycles. The lowest BCUT2D eigenvalue weighted by Gasteiger charge is -2.11. The zero-order valence-corrected chi connectivity index (χ0v) is 8.81. The van der Waals surface area contributed by atoms with Crippen LogP contribution < -0.4 is 11.5 Å². The number of hydrogen-bond donors (Lipinski definition) is 2. The number of nitrogens with two attached hydrogens (primary N) is 2. The number of benzene rings is 1. The van der Waals surface area contributed by atoms with E-state index in [1.54, 1.807) is 0 Å². The van der Waals surface area contributed by atoms with E-state index < -0.39 is 0 Å². The lowest BCUT2D eigenvalue weighted by molar-refractivity contribution is 0.661. The Morgan fingerprint density at radius 1 is 1.31 bits per heavy atom. The summed E-state index contributed by atoms with van der Waals surface area (Å²) in [6.07, 6.45) is 0.768. The Morgan fingerprint density at radius 3 is 2.46 bits per heavy atom. The van der Waals surface area contributed by atoms with Gasteiger partial charge >= 0.3 is 0 Å². The number of rotatable bonds is 3. The Kier molecular flexibility index (Phi) is 6.08. The molecule has 0 aliphatic rings. The van der Waals surface area contributed by atoms with Crippen molar-refractivity contribution in [3.8, 4) is 0 Å². The van der Waals surface area contributed by atoms with Crippen molar-refractivity contribution in [1.29, 1.82) is 0 Å². The van der Waals surface area contributed by atoms with Gasteiger partial charge in [-0.05, 0) is 24.6 Å². The van der Waals surface area contributed by atoms with Crippen molar-refractivity contribution in [2.75, 3.05) is 6.54 Å². The third kappa shape index (κ3) is 3.53. The molecule has 1 aromatic carbocycles. The van der Waals surface area contributed by atoms with Gasteiger partial charge in [0.2, 0.25) is 0 Å². The summed E-state index contributed by atoms with van der Waals surface area (Å²) in [6, 6.07) is 7.55. The predicted molar refractivity (Wildman–Crippen MR) is 59.3 cm³/mol. The van der Waals surface area contributed by atoms with Crippen molar-refractivity contribution in [2.24, 2.45) is 11.5 Å². The van der Waals surface area contributed by atoms with Crippen LogP contribution in [0.25, 0.3) is 0 Å². The highest BCUT2D eigenvalue weighted by Crippen LogP contribution is 2.22. The molecule has 0 unspecified atom stereocenters. The summed E-state index contributed by atoms with van der Waals surface area (Å²) in [7, 11) is 0. The van der Waals surface area contributed by atoms with Gasteiger partial charge in [-0.1, -0.05) is 29.8 Å². The molecule has 0 aliphatic carbocycles. The average molecular weight is 221 g/mol. The third-order valence-electron chi connectivity index (χ3n) is 1.78. The van der Waals surface area contributed by atoms with E-state index in [2.05, 4.69) is 0 Å². The molecule has 4 N–H and O–H groups in total. The van der Waals surface area contributed by atoms with Crippen LogP contribution in [0.1, 0.15) is 18.0 Å². The van der Waals surface area contributed by atoms with Gasteiger partial charge in [0.25, 0.3) is 0 Å². The molecular formula is C9H14Cl2N2. The Labute approximate surface area is 89.7 Å². The molecule has 4 heteroatoms. The van der Waals surface area contributed by atoms with E-state index in [0.29, 0.717) is 6.54 Å². The number of hydrogen-bond acceptors (Lipinski definition) is 2. The molecule has 1 atom stereocenters. The molecule has 0 radical (unpaired) electrons. The standard InChI is InChI=1S/C9H13ClN2.ClH/c10-8-4-2-1-3-7(8)9(12)5-6-11;/h1-4,9H,5-6,11-12H2;1H/t9-;/m0./s1. The highest BCUT2D eigenvalue weighted by atomic mass is 35.5. The van der Waals surface area contributed by atoms with Crippen LogP contribution in [0.3, 0.4) is 0 Å². The summed E-state index contributed by atoms with van der Waals surface area (Å²) in [5.74, 6) is 0. The topological polar surface area (TPSA) is 52.0 Å². The van der Waals surface area contributed by atoms with Gasteiger partial charge in [-0.2, -0.15) is 0 Å². The fourth-order valence-electron chi connectivity index (χ4n) is 1.11. The van der Waals surface area contributed by atoms with Crippen LogP contribution in [0, 0.1) is 0 Å². The zero-order chi connectivity index (χ0) is 8.97. The first kappa shape index (κ1) is 12.7. The van der Waals surface area contributed by atoms with E-state index in [0.717, 1.165) is 17.0 Å². The van der Waals surface area contributed by atoms with Gasteiger partial charge in [-0.15, -0.1) is 12.4 Å². The van der Waals surface area contributed by atoms with E-state index in [-0.39, 0.29) is 18.4 Å². The molecule has 0 saturated carbocycles. The highest BCUT2D eigenvalue weighted by Gasteiger charge is 2.07.